The largest absolute Gasteiger partial charge is 0.431 e. The fraction of sp³-hybridized carbons (Fsp3) is 0.280. The Kier molecular flexibility index (Phi) is 6.62. The van der Waals surface area contributed by atoms with Gasteiger partial charge in [0.25, 0.3) is 5.91 Å². The molecule has 14 heteroatoms. The number of hydrogen-bond donors (Lipinski definition) is 1. The summed E-state index contributed by atoms with van der Waals surface area (Å²) in [6, 6.07) is 12.3. The first-order valence-corrected chi connectivity index (χ1v) is 13.6. The number of aromatic nitrogens is 5. The Morgan fingerprint density at radius 3 is 2.62 bits per heavy atom. The number of hydrogen-bond acceptors (Lipinski definition) is 9. The minimum atomic E-state index is -3.38. The summed E-state index contributed by atoms with van der Waals surface area (Å²) in [6.07, 6.45) is 3.78. The maximum Gasteiger partial charge on any atom is 0.405 e. The molecule has 1 atom stereocenters. The molecule has 0 aliphatic carbocycles. The third kappa shape index (κ3) is 4.62. The van der Waals surface area contributed by atoms with Gasteiger partial charge in [0.2, 0.25) is 16.1 Å². The molecule has 1 fully saturated rings. The molecule has 39 heavy (non-hydrogen) atoms. The van der Waals surface area contributed by atoms with E-state index in [0.29, 0.717) is 22.2 Å². The predicted molar refractivity (Wildman–Crippen MR) is 138 cm³/mol. The van der Waals surface area contributed by atoms with Crippen LogP contribution in [0.3, 0.4) is 0 Å². The second-order valence-electron chi connectivity index (χ2n) is 9.11. The minimum absolute atomic E-state index is 0.0236. The number of carbonyl (C=O) groups excluding carboxylic acids is 2. The van der Waals surface area contributed by atoms with E-state index in [-0.39, 0.29) is 30.9 Å². The molecule has 5 rings (SSSR count). The molecule has 3 aromatic heterocycles. The highest BCUT2D eigenvalue weighted by Gasteiger charge is 2.49. The lowest BCUT2D eigenvalue weighted by Gasteiger charge is -2.47. The van der Waals surface area contributed by atoms with Gasteiger partial charge >= 0.3 is 6.09 Å². The van der Waals surface area contributed by atoms with Crippen molar-refractivity contribution in [2.45, 2.75) is 25.0 Å². The monoisotopic (exact) mass is 548 g/mol. The van der Waals surface area contributed by atoms with Crippen LogP contribution in [0.2, 0.25) is 0 Å². The first kappa shape index (κ1) is 26.0. The summed E-state index contributed by atoms with van der Waals surface area (Å²) in [5, 5.41) is 14.4. The molecule has 1 aromatic carbocycles. The van der Waals surface area contributed by atoms with Crippen LogP contribution in [0.15, 0.2) is 61.3 Å². The minimum Gasteiger partial charge on any atom is -0.431 e. The number of carbonyl (C=O) groups is 2. The predicted octanol–water partition coefficient (Wildman–Crippen LogP) is 2.05. The Bertz CT molecular complexity index is 1700. The van der Waals surface area contributed by atoms with Gasteiger partial charge in [0.05, 0.1) is 30.1 Å². The molecule has 1 aliphatic heterocycles. The van der Waals surface area contributed by atoms with Crippen LogP contribution in [0.4, 0.5) is 4.79 Å². The Morgan fingerprint density at radius 1 is 1.21 bits per heavy atom. The molecule has 4 aromatic rings. The van der Waals surface area contributed by atoms with Crippen molar-refractivity contribution in [2.24, 2.45) is 5.73 Å². The van der Waals surface area contributed by atoms with Crippen LogP contribution in [0.1, 0.15) is 29.8 Å². The standard InChI is InChI=1S/C25H24N8O5S/c1-2-39(36,37)31-14-25(15-31,9-10-26)33-13-18(12-30-33)20-19-8-11-32(22(19)29-16-28-20)23(34)21(38-24(27)35)17-6-4-3-5-7-17/h3-8,11-13,16,21H,2,9,14-15H2,1H3,(H2,27,35)/t21-/m0/s1. The van der Waals surface area contributed by atoms with Crippen molar-refractivity contribution in [3.8, 4) is 17.3 Å². The van der Waals surface area contributed by atoms with E-state index in [4.69, 9.17) is 10.5 Å². The maximum atomic E-state index is 13.5. The summed E-state index contributed by atoms with van der Waals surface area (Å²) in [4.78, 5) is 33.7. The average molecular weight is 549 g/mol. The maximum absolute atomic E-state index is 13.5. The van der Waals surface area contributed by atoms with Crippen LogP contribution in [0, 0.1) is 11.3 Å². The molecular formula is C25H24N8O5S. The molecule has 200 valence electrons. The second kappa shape index (κ2) is 9.93. The molecule has 1 saturated heterocycles. The van der Waals surface area contributed by atoms with Crippen molar-refractivity contribution in [3.05, 3.63) is 66.9 Å². The molecule has 1 aliphatic rings. The van der Waals surface area contributed by atoms with Crippen molar-refractivity contribution in [1.82, 2.24) is 28.6 Å². The number of ether oxygens (including phenoxy) is 1. The summed E-state index contributed by atoms with van der Waals surface area (Å²) < 4.78 is 33.9. The smallest absolute Gasteiger partial charge is 0.405 e. The lowest BCUT2D eigenvalue weighted by atomic mass is 9.89. The van der Waals surface area contributed by atoms with Gasteiger partial charge in [-0.15, -0.1) is 0 Å². The van der Waals surface area contributed by atoms with Gasteiger partial charge in [0.15, 0.2) is 5.65 Å². The van der Waals surface area contributed by atoms with Gasteiger partial charge in [-0.3, -0.25) is 14.0 Å². The lowest BCUT2D eigenvalue weighted by Crippen LogP contribution is -2.64. The molecule has 0 saturated carbocycles. The van der Waals surface area contributed by atoms with Crippen molar-refractivity contribution >= 4 is 33.1 Å². The van der Waals surface area contributed by atoms with E-state index in [0.717, 1.165) is 0 Å². The quantitative estimate of drug-likeness (QED) is 0.345. The highest BCUT2D eigenvalue weighted by atomic mass is 32.2. The van der Waals surface area contributed by atoms with Gasteiger partial charge in [-0.2, -0.15) is 14.7 Å². The SMILES string of the molecule is CCS(=O)(=O)N1CC(CC#N)(n2cc(-c3ncnc4c3ccn4C(=O)[C@@H](OC(N)=O)c3ccccc3)cn2)C1. The normalized spacial score (nSPS) is 15.8. The number of amides is 1. The van der Waals surface area contributed by atoms with Crippen LogP contribution in [-0.2, 0) is 20.3 Å². The van der Waals surface area contributed by atoms with E-state index in [1.165, 1.54) is 21.4 Å². The van der Waals surface area contributed by atoms with Crippen LogP contribution >= 0.6 is 0 Å². The Hall–Kier alpha value is -4.61. The van der Waals surface area contributed by atoms with E-state index < -0.39 is 33.7 Å². The Balaban J connectivity index is 1.49. The third-order valence-electron chi connectivity index (χ3n) is 6.73. The van der Waals surface area contributed by atoms with E-state index in [1.54, 1.807) is 60.4 Å². The highest BCUT2D eigenvalue weighted by molar-refractivity contribution is 7.89. The number of primary amides is 1. The van der Waals surface area contributed by atoms with Crippen molar-refractivity contribution in [1.29, 1.82) is 5.26 Å². The zero-order valence-corrected chi connectivity index (χ0v) is 21.7. The van der Waals surface area contributed by atoms with E-state index in [2.05, 4.69) is 21.1 Å². The van der Waals surface area contributed by atoms with E-state index in [9.17, 15) is 23.3 Å². The molecule has 0 radical (unpaired) electrons. The van der Waals surface area contributed by atoms with Gasteiger partial charge in [-0.25, -0.2) is 23.2 Å². The number of nitriles is 1. The molecule has 4 heterocycles. The van der Waals surface area contributed by atoms with Gasteiger partial charge in [0, 0.05) is 42.0 Å². The first-order valence-electron chi connectivity index (χ1n) is 12.0. The number of nitrogens with zero attached hydrogens (tertiary/aromatic N) is 7. The zero-order chi connectivity index (χ0) is 27.8. The first-order chi connectivity index (χ1) is 18.7. The average Bonchev–Trinajstić information content (AvgIpc) is 3.57. The number of sulfonamides is 1. The topological polar surface area (TPSA) is 179 Å². The second-order valence-corrected chi connectivity index (χ2v) is 11.4. The zero-order valence-electron chi connectivity index (χ0n) is 20.8. The van der Waals surface area contributed by atoms with Crippen LogP contribution < -0.4 is 5.73 Å². The highest BCUT2D eigenvalue weighted by Crippen LogP contribution is 2.36. The molecule has 1 amide bonds. The molecule has 0 spiro atoms. The van der Waals surface area contributed by atoms with E-state index in [1.807, 2.05) is 0 Å². The van der Waals surface area contributed by atoms with Crippen LogP contribution in [0.25, 0.3) is 22.3 Å². The fourth-order valence-electron chi connectivity index (χ4n) is 4.67. The summed E-state index contributed by atoms with van der Waals surface area (Å²) >= 11 is 0. The van der Waals surface area contributed by atoms with Crippen LogP contribution in [-0.4, -0.2) is 67.9 Å². The Morgan fingerprint density at radius 2 is 1.95 bits per heavy atom. The summed E-state index contributed by atoms with van der Waals surface area (Å²) in [7, 11) is -3.38. The molecule has 0 bridgehead atoms. The van der Waals surface area contributed by atoms with Gasteiger partial charge < -0.3 is 10.5 Å². The number of nitrogens with two attached hydrogens (primary N) is 1. The van der Waals surface area contributed by atoms with Crippen molar-refractivity contribution < 1.29 is 22.7 Å². The van der Waals surface area contributed by atoms with Gasteiger partial charge in [0.1, 0.15) is 11.9 Å². The summed E-state index contributed by atoms with van der Waals surface area (Å²) in [5.41, 5.74) is 6.24. The van der Waals surface area contributed by atoms with Crippen molar-refractivity contribution in [3.63, 3.8) is 0 Å². The lowest BCUT2D eigenvalue weighted by molar-refractivity contribution is 0.0574. The molecule has 13 nitrogen and oxygen atoms in total. The molecular weight excluding hydrogens is 524 g/mol. The number of rotatable bonds is 8. The summed E-state index contributed by atoms with van der Waals surface area (Å²) in [5.74, 6) is -0.598. The van der Waals surface area contributed by atoms with Crippen LogP contribution in [0.5, 0.6) is 0 Å². The molecule has 2 N–H and O–H groups in total. The Labute approximate surface area is 223 Å². The van der Waals surface area contributed by atoms with E-state index >= 15 is 0 Å². The number of fused-ring (bicyclic) bond motifs is 1. The fourth-order valence-corrected chi connectivity index (χ4v) is 5.91. The van der Waals surface area contributed by atoms with Crippen molar-refractivity contribution in [2.75, 3.05) is 18.8 Å². The molecule has 0 unspecified atom stereocenters. The van der Waals surface area contributed by atoms with Gasteiger partial charge in [-0.05, 0) is 13.0 Å². The number of benzene rings is 1. The summed E-state index contributed by atoms with van der Waals surface area (Å²) in [6.45, 7) is 1.86. The third-order valence-corrected chi connectivity index (χ3v) is 8.50. The van der Waals surface area contributed by atoms with Gasteiger partial charge in [-0.1, -0.05) is 30.3 Å².